The Labute approximate surface area is 280 Å². The fourth-order valence-electron chi connectivity index (χ4n) is 6.99. The summed E-state index contributed by atoms with van der Waals surface area (Å²) in [6, 6.07) is 67.4. The molecule has 1 heterocycles. The maximum Gasteiger partial charge on any atom is 0.0541 e. The molecule has 0 aliphatic carbocycles. The highest BCUT2D eigenvalue weighted by Crippen LogP contribution is 2.36. The Morgan fingerprint density at radius 1 is 0.333 bits per heavy atom. The maximum absolute atomic E-state index is 3.58. The Morgan fingerprint density at radius 2 is 0.854 bits per heavy atom. The molecule has 0 fully saturated rings. The molecular weight excluding hydrogens is 581 g/mol. The van der Waals surface area contributed by atoms with Gasteiger partial charge in [0.25, 0.3) is 0 Å². The van der Waals surface area contributed by atoms with E-state index in [-0.39, 0.29) is 0 Å². The van der Waals surface area contributed by atoms with Crippen LogP contribution in [0.3, 0.4) is 0 Å². The number of nitrogens with one attached hydrogen (secondary N) is 1. The van der Waals surface area contributed by atoms with E-state index >= 15 is 0 Å². The number of hydrogen-bond acceptors (Lipinski definition) is 1. The fraction of sp³-hybridized carbons (Fsp3) is 0. The average Bonchev–Trinajstić information content (AvgIpc) is 3.49. The Hall–Kier alpha value is -6.38. The Morgan fingerprint density at radius 3 is 1.58 bits per heavy atom. The molecule has 0 saturated carbocycles. The number of aromatic nitrogens is 1. The van der Waals surface area contributed by atoms with Crippen molar-refractivity contribution >= 4 is 44.0 Å². The largest absolute Gasteiger partial charge is 0.356 e. The summed E-state index contributed by atoms with van der Waals surface area (Å²) >= 11 is 0. The molecule has 0 radical (unpaired) electrons. The molecule has 0 aliphatic rings. The minimum atomic E-state index is 1.06. The van der Waals surface area contributed by atoms with Crippen LogP contribution < -0.4 is 5.32 Å². The number of nitrogens with zero attached hydrogens (tertiary/aromatic N) is 1. The van der Waals surface area contributed by atoms with Crippen molar-refractivity contribution in [1.29, 1.82) is 0 Å². The molecule has 0 unspecified atom stereocenters. The summed E-state index contributed by atoms with van der Waals surface area (Å²) in [7, 11) is 0. The van der Waals surface area contributed by atoms with Gasteiger partial charge in [-0.2, -0.15) is 0 Å². The van der Waals surface area contributed by atoms with E-state index in [0.29, 0.717) is 0 Å². The summed E-state index contributed by atoms with van der Waals surface area (Å²) in [6.07, 6.45) is 0. The molecule has 0 aliphatic heterocycles. The number of fused-ring (bicyclic) bond motifs is 4. The van der Waals surface area contributed by atoms with Gasteiger partial charge in [0, 0.05) is 27.8 Å². The van der Waals surface area contributed by atoms with E-state index in [1.807, 2.05) is 0 Å². The van der Waals surface area contributed by atoms with E-state index in [2.05, 4.69) is 198 Å². The van der Waals surface area contributed by atoms with Gasteiger partial charge >= 0.3 is 0 Å². The van der Waals surface area contributed by atoms with Gasteiger partial charge in [0.2, 0.25) is 0 Å². The maximum atomic E-state index is 3.58. The monoisotopic (exact) mass is 612 g/mol. The highest BCUT2D eigenvalue weighted by Gasteiger charge is 2.13. The Kier molecular flexibility index (Phi) is 6.84. The van der Waals surface area contributed by atoms with Crippen molar-refractivity contribution in [3.05, 3.63) is 188 Å². The molecule has 0 bridgehead atoms. The van der Waals surface area contributed by atoms with Crippen LogP contribution in [0, 0.1) is 0 Å². The van der Waals surface area contributed by atoms with Crippen LogP contribution in [0.5, 0.6) is 0 Å². The number of hydrogen-bond donors (Lipinski definition) is 1. The molecule has 9 rings (SSSR count). The molecule has 2 nitrogen and oxygen atoms in total. The molecule has 0 atom stereocenters. The van der Waals surface area contributed by atoms with Crippen molar-refractivity contribution in [2.24, 2.45) is 0 Å². The van der Waals surface area contributed by atoms with Crippen LogP contribution in [0.25, 0.3) is 71.6 Å². The average molecular weight is 613 g/mol. The van der Waals surface area contributed by atoms with Crippen LogP contribution in [-0.4, -0.2) is 4.57 Å². The predicted molar refractivity (Wildman–Crippen MR) is 204 cm³/mol. The highest BCUT2D eigenvalue weighted by atomic mass is 15.0. The molecule has 0 spiro atoms. The van der Waals surface area contributed by atoms with Crippen molar-refractivity contribution in [3.8, 4) is 39.1 Å². The first-order chi connectivity index (χ1) is 23.8. The first-order valence-corrected chi connectivity index (χ1v) is 16.4. The predicted octanol–water partition coefficient (Wildman–Crippen LogP) is 12.7. The van der Waals surface area contributed by atoms with Crippen LogP contribution in [0.4, 0.5) is 11.4 Å². The summed E-state index contributed by atoms with van der Waals surface area (Å²) in [5.74, 6) is 0. The van der Waals surface area contributed by atoms with E-state index in [9.17, 15) is 0 Å². The van der Waals surface area contributed by atoms with E-state index in [1.54, 1.807) is 0 Å². The van der Waals surface area contributed by atoms with E-state index in [1.165, 1.54) is 71.6 Å². The molecule has 0 amide bonds. The number of anilines is 2. The first kappa shape index (κ1) is 27.9. The number of rotatable bonds is 6. The Balaban J connectivity index is 0.935. The lowest BCUT2D eigenvalue weighted by molar-refractivity contribution is 1.18. The van der Waals surface area contributed by atoms with Crippen molar-refractivity contribution < 1.29 is 0 Å². The zero-order valence-corrected chi connectivity index (χ0v) is 26.3. The standard InChI is InChI=1S/C46H32N2/c1-2-11-40(12-3-1)48-45-16-7-6-14-43(45)44-31-37(25-30-46(44)48)34-23-28-39(29-24-34)47-38-26-21-33(22-27-38)32-17-19-36(20-18-32)42-15-8-10-35-9-4-5-13-41(35)42/h1-31,47H. The zero-order chi connectivity index (χ0) is 31.9. The second-order valence-electron chi connectivity index (χ2n) is 12.3. The van der Waals surface area contributed by atoms with Crippen LogP contribution in [0.2, 0.25) is 0 Å². The Bertz CT molecular complexity index is 2540. The lowest BCUT2D eigenvalue weighted by Gasteiger charge is -2.11. The molecule has 226 valence electrons. The summed E-state index contributed by atoms with van der Waals surface area (Å²) < 4.78 is 2.36. The third kappa shape index (κ3) is 5.01. The molecule has 8 aromatic carbocycles. The highest BCUT2D eigenvalue weighted by molar-refractivity contribution is 6.10. The molecule has 1 aromatic heterocycles. The number of benzene rings is 8. The van der Waals surface area contributed by atoms with E-state index in [0.717, 1.165) is 11.4 Å². The normalized spacial score (nSPS) is 11.3. The lowest BCUT2D eigenvalue weighted by atomic mass is 9.96. The molecule has 9 aromatic rings. The van der Waals surface area contributed by atoms with Crippen LogP contribution in [-0.2, 0) is 0 Å². The molecule has 1 N–H and O–H groups in total. The van der Waals surface area contributed by atoms with Gasteiger partial charge in [-0.1, -0.05) is 133 Å². The van der Waals surface area contributed by atoms with Gasteiger partial charge in [-0.15, -0.1) is 0 Å². The van der Waals surface area contributed by atoms with Crippen molar-refractivity contribution in [1.82, 2.24) is 4.57 Å². The second-order valence-corrected chi connectivity index (χ2v) is 12.3. The van der Waals surface area contributed by atoms with Gasteiger partial charge < -0.3 is 9.88 Å². The van der Waals surface area contributed by atoms with Crippen LogP contribution in [0.1, 0.15) is 0 Å². The van der Waals surface area contributed by atoms with E-state index < -0.39 is 0 Å². The second kappa shape index (κ2) is 11.8. The zero-order valence-electron chi connectivity index (χ0n) is 26.3. The van der Waals surface area contributed by atoms with Gasteiger partial charge in [0.1, 0.15) is 0 Å². The SMILES string of the molecule is c1ccc(-n2c3ccccc3c3cc(-c4ccc(Nc5ccc(-c6ccc(-c7cccc8ccccc78)cc6)cc5)cc4)ccc32)cc1. The van der Waals surface area contributed by atoms with Crippen molar-refractivity contribution in [2.75, 3.05) is 5.32 Å². The summed E-state index contributed by atoms with van der Waals surface area (Å²) in [6.45, 7) is 0. The summed E-state index contributed by atoms with van der Waals surface area (Å²) in [5.41, 5.74) is 13.0. The van der Waals surface area contributed by atoms with Gasteiger partial charge in [-0.25, -0.2) is 0 Å². The van der Waals surface area contributed by atoms with Crippen LogP contribution in [0.15, 0.2) is 188 Å². The van der Waals surface area contributed by atoms with Gasteiger partial charge in [0.15, 0.2) is 0 Å². The minimum Gasteiger partial charge on any atom is -0.356 e. The van der Waals surface area contributed by atoms with Crippen LogP contribution >= 0.6 is 0 Å². The lowest BCUT2D eigenvalue weighted by Crippen LogP contribution is -1.93. The van der Waals surface area contributed by atoms with E-state index in [4.69, 9.17) is 0 Å². The summed E-state index contributed by atoms with van der Waals surface area (Å²) in [5, 5.41) is 8.65. The smallest absolute Gasteiger partial charge is 0.0541 e. The summed E-state index contributed by atoms with van der Waals surface area (Å²) in [4.78, 5) is 0. The molecule has 2 heteroatoms. The first-order valence-electron chi connectivity index (χ1n) is 16.4. The quantitative estimate of drug-likeness (QED) is 0.198. The topological polar surface area (TPSA) is 17.0 Å². The molecule has 48 heavy (non-hydrogen) atoms. The van der Waals surface area contributed by atoms with Gasteiger partial charge in [-0.05, 0) is 98.8 Å². The third-order valence-corrected chi connectivity index (χ3v) is 9.40. The number of para-hydroxylation sites is 2. The van der Waals surface area contributed by atoms with Gasteiger partial charge in [-0.3, -0.25) is 0 Å². The minimum absolute atomic E-state index is 1.06. The fourth-order valence-corrected chi connectivity index (χ4v) is 6.99. The third-order valence-electron chi connectivity index (χ3n) is 9.40. The van der Waals surface area contributed by atoms with Crippen molar-refractivity contribution in [2.45, 2.75) is 0 Å². The molecule has 0 saturated heterocycles. The van der Waals surface area contributed by atoms with Gasteiger partial charge in [0.05, 0.1) is 11.0 Å². The van der Waals surface area contributed by atoms with Crippen molar-refractivity contribution in [3.63, 3.8) is 0 Å². The molecular formula is C46H32N2.